The van der Waals surface area contributed by atoms with Gasteiger partial charge in [0, 0.05) is 4.47 Å². The van der Waals surface area contributed by atoms with Crippen molar-refractivity contribution in [2.45, 2.75) is 20.5 Å². The van der Waals surface area contributed by atoms with Crippen molar-refractivity contribution in [1.82, 2.24) is 0 Å². The van der Waals surface area contributed by atoms with Gasteiger partial charge in [0.1, 0.15) is 18.2 Å². The van der Waals surface area contributed by atoms with Crippen molar-refractivity contribution in [3.8, 4) is 11.8 Å². The fourth-order valence-corrected chi connectivity index (χ4v) is 2.18. The number of hydrogen-bond donors (Lipinski definition) is 0. The molecule has 0 aliphatic carbocycles. The van der Waals surface area contributed by atoms with Crippen LogP contribution in [0.1, 0.15) is 22.3 Å². The maximum absolute atomic E-state index is 13.3. The summed E-state index contributed by atoms with van der Waals surface area (Å²) in [5, 5.41) is 8.81. The van der Waals surface area contributed by atoms with Crippen LogP contribution in [0.25, 0.3) is 0 Å². The number of nitrogens with zero attached hydrogens (tertiary/aromatic N) is 1. The lowest BCUT2D eigenvalue weighted by atomic mass is 10.1. The third-order valence-electron chi connectivity index (χ3n) is 2.90. The average molecular weight is 334 g/mol. The molecule has 102 valence electrons. The molecule has 0 radical (unpaired) electrons. The molecule has 2 aromatic rings. The van der Waals surface area contributed by atoms with E-state index in [1.54, 1.807) is 6.07 Å². The molecule has 20 heavy (non-hydrogen) atoms. The molecule has 0 aliphatic heterocycles. The van der Waals surface area contributed by atoms with E-state index in [-0.39, 0.29) is 6.61 Å². The van der Waals surface area contributed by atoms with E-state index in [2.05, 4.69) is 15.9 Å². The highest BCUT2D eigenvalue weighted by atomic mass is 79.9. The second kappa shape index (κ2) is 6.06. The topological polar surface area (TPSA) is 33.0 Å². The van der Waals surface area contributed by atoms with Crippen molar-refractivity contribution in [3.05, 3.63) is 62.9 Å². The van der Waals surface area contributed by atoms with E-state index in [1.807, 2.05) is 32.0 Å². The molecule has 0 unspecified atom stereocenters. The van der Waals surface area contributed by atoms with Crippen molar-refractivity contribution in [3.63, 3.8) is 0 Å². The van der Waals surface area contributed by atoms with Crippen LogP contribution in [0.2, 0.25) is 0 Å². The Morgan fingerprint density at radius 1 is 1.15 bits per heavy atom. The molecule has 0 saturated heterocycles. The van der Waals surface area contributed by atoms with E-state index in [4.69, 9.17) is 10.00 Å². The first kappa shape index (κ1) is 14.5. The van der Waals surface area contributed by atoms with Gasteiger partial charge in [0.05, 0.1) is 11.6 Å². The predicted molar refractivity (Wildman–Crippen MR) is 79.1 cm³/mol. The zero-order valence-corrected chi connectivity index (χ0v) is 12.8. The smallest absolute Gasteiger partial charge is 0.124 e. The standard InChI is InChI=1S/C16H13BrFNO/c1-10-3-15(4-11(2)16(10)17)20-9-13-5-12(8-19)6-14(18)7-13/h3-7H,9H2,1-2H3. The fraction of sp³-hybridized carbons (Fsp3) is 0.188. The number of nitriles is 1. The van der Waals surface area contributed by atoms with Gasteiger partial charge in [-0.1, -0.05) is 15.9 Å². The monoisotopic (exact) mass is 333 g/mol. The largest absolute Gasteiger partial charge is 0.489 e. The van der Waals surface area contributed by atoms with Crippen molar-refractivity contribution in [2.75, 3.05) is 0 Å². The van der Waals surface area contributed by atoms with Crippen molar-refractivity contribution >= 4 is 15.9 Å². The van der Waals surface area contributed by atoms with Gasteiger partial charge in [-0.05, 0) is 60.9 Å². The highest BCUT2D eigenvalue weighted by Crippen LogP contribution is 2.26. The minimum absolute atomic E-state index is 0.229. The van der Waals surface area contributed by atoms with Crippen molar-refractivity contribution < 1.29 is 9.13 Å². The molecule has 0 fully saturated rings. The molecule has 2 aromatic carbocycles. The summed E-state index contributed by atoms with van der Waals surface area (Å²) in [7, 11) is 0. The summed E-state index contributed by atoms with van der Waals surface area (Å²) in [4.78, 5) is 0. The Bertz CT molecular complexity index is 668. The van der Waals surface area contributed by atoms with Crippen LogP contribution in [-0.4, -0.2) is 0 Å². The molecule has 2 nitrogen and oxygen atoms in total. The number of hydrogen-bond acceptors (Lipinski definition) is 2. The van der Waals surface area contributed by atoms with Gasteiger partial charge < -0.3 is 4.74 Å². The minimum Gasteiger partial charge on any atom is -0.489 e. The Morgan fingerprint density at radius 3 is 2.40 bits per heavy atom. The molecule has 0 saturated carbocycles. The molecule has 4 heteroatoms. The number of ether oxygens (including phenoxy) is 1. The van der Waals surface area contributed by atoms with Crippen LogP contribution in [0.5, 0.6) is 5.75 Å². The quantitative estimate of drug-likeness (QED) is 0.818. The molecule has 0 N–H and O–H groups in total. The van der Waals surface area contributed by atoms with Crippen LogP contribution in [0.3, 0.4) is 0 Å². The maximum atomic E-state index is 13.3. The van der Waals surface area contributed by atoms with E-state index < -0.39 is 5.82 Å². The molecular formula is C16H13BrFNO. The number of aryl methyl sites for hydroxylation is 2. The lowest BCUT2D eigenvalue weighted by molar-refractivity contribution is 0.305. The summed E-state index contributed by atoms with van der Waals surface area (Å²) >= 11 is 3.50. The summed E-state index contributed by atoms with van der Waals surface area (Å²) < 4.78 is 20.0. The van der Waals surface area contributed by atoms with Gasteiger partial charge in [0.25, 0.3) is 0 Å². The van der Waals surface area contributed by atoms with E-state index in [0.717, 1.165) is 21.3 Å². The van der Waals surface area contributed by atoms with E-state index >= 15 is 0 Å². The zero-order chi connectivity index (χ0) is 14.7. The second-order valence-electron chi connectivity index (χ2n) is 4.62. The average Bonchev–Trinajstić information content (AvgIpc) is 2.41. The van der Waals surface area contributed by atoms with Crippen LogP contribution in [-0.2, 0) is 6.61 Å². The Hall–Kier alpha value is -1.86. The molecular weight excluding hydrogens is 321 g/mol. The van der Waals surface area contributed by atoms with Crippen molar-refractivity contribution in [1.29, 1.82) is 5.26 Å². The van der Waals surface area contributed by atoms with Gasteiger partial charge in [-0.15, -0.1) is 0 Å². The highest BCUT2D eigenvalue weighted by Gasteiger charge is 2.05. The fourth-order valence-electron chi connectivity index (χ4n) is 1.95. The van der Waals surface area contributed by atoms with E-state index in [9.17, 15) is 4.39 Å². The Kier molecular flexibility index (Phi) is 4.41. The number of rotatable bonds is 3. The third kappa shape index (κ3) is 3.37. The predicted octanol–water partition coefficient (Wildman–Crippen LogP) is 4.66. The minimum atomic E-state index is -0.425. The second-order valence-corrected chi connectivity index (χ2v) is 5.41. The number of benzene rings is 2. The zero-order valence-electron chi connectivity index (χ0n) is 11.2. The van der Waals surface area contributed by atoms with Gasteiger partial charge in [0.2, 0.25) is 0 Å². The van der Waals surface area contributed by atoms with Gasteiger partial charge in [-0.3, -0.25) is 0 Å². The summed E-state index contributed by atoms with van der Waals surface area (Å²) in [6.45, 7) is 4.20. The Balaban J connectivity index is 2.17. The summed E-state index contributed by atoms with van der Waals surface area (Å²) in [6, 6.07) is 9.97. The van der Waals surface area contributed by atoms with Crippen molar-refractivity contribution in [2.24, 2.45) is 0 Å². The van der Waals surface area contributed by atoms with Gasteiger partial charge >= 0.3 is 0 Å². The first-order chi connectivity index (χ1) is 9.49. The SMILES string of the molecule is Cc1cc(OCc2cc(F)cc(C#N)c2)cc(C)c1Br. The van der Waals surface area contributed by atoms with Gasteiger partial charge in [-0.25, -0.2) is 4.39 Å². The molecule has 0 heterocycles. The molecule has 0 bridgehead atoms. The lowest BCUT2D eigenvalue weighted by Gasteiger charge is -2.10. The van der Waals surface area contributed by atoms with Crippen LogP contribution in [0.4, 0.5) is 4.39 Å². The first-order valence-corrected chi connectivity index (χ1v) is 6.88. The third-order valence-corrected chi connectivity index (χ3v) is 4.15. The van der Waals surface area contributed by atoms with Crippen LogP contribution in [0, 0.1) is 31.0 Å². The Labute approximate surface area is 125 Å². The van der Waals surface area contributed by atoms with Crippen LogP contribution >= 0.6 is 15.9 Å². The maximum Gasteiger partial charge on any atom is 0.124 e. The summed E-state index contributed by atoms with van der Waals surface area (Å²) in [5.41, 5.74) is 3.10. The highest BCUT2D eigenvalue weighted by molar-refractivity contribution is 9.10. The molecule has 0 atom stereocenters. The van der Waals surface area contributed by atoms with Crippen LogP contribution < -0.4 is 4.74 Å². The lowest BCUT2D eigenvalue weighted by Crippen LogP contribution is -1.98. The van der Waals surface area contributed by atoms with E-state index in [1.165, 1.54) is 12.1 Å². The van der Waals surface area contributed by atoms with Gasteiger partial charge in [0.15, 0.2) is 0 Å². The summed E-state index contributed by atoms with van der Waals surface area (Å²) in [6.07, 6.45) is 0. The Morgan fingerprint density at radius 2 is 1.80 bits per heavy atom. The molecule has 2 rings (SSSR count). The van der Waals surface area contributed by atoms with Gasteiger partial charge in [-0.2, -0.15) is 5.26 Å². The molecule has 0 aliphatic rings. The molecule has 0 aromatic heterocycles. The molecule has 0 spiro atoms. The van der Waals surface area contributed by atoms with Crippen LogP contribution in [0.15, 0.2) is 34.8 Å². The summed E-state index contributed by atoms with van der Waals surface area (Å²) in [5.74, 6) is 0.303. The normalized spacial score (nSPS) is 10.2. The number of halogens is 2. The molecule has 0 amide bonds. The first-order valence-electron chi connectivity index (χ1n) is 6.08. The van der Waals surface area contributed by atoms with E-state index in [0.29, 0.717) is 11.1 Å².